The van der Waals surface area contributed by atoms with Crippen molar-refractivity contribution in [2.24, 2.45) is 0 Å². The largest absolute Gasteiger partial charge is 0.449 e. The Morgan fingerprint density at radius 1 is 1.24 bits per heavy atom. The second-order valence-electron chi connectivity index (χ2n) is 5.85. The van der Waals surface area contributed by atoms with E-state index in [1.165, 1.54) is 6.08 Å². The van der Waals surface area contributed by atoms with E-state index in [2.05, 4.69) is 19.2 Å². The van der Waals surface area contributed by atoms with E-state index in [0.29, 0.717) is 5.92 Å². The van der Waals surface area contributed by atoms with Gasteiger partial charge in [0.15, 0.2) is 6.10 Å². The van der Waals surface area contributed by atoms with Crippen molar-refractivity contribution >= 4 is 35.0 Å². The van der Waals surface area contributed by atoms with Gasteiger partial charge >= 0.3 is 5.97 Å². The molecule has 1 aromatic heterocycles. The van der Waals surface area contributed by atoms with Crippen LogP contribution in [0.2, 0.25) is 0 Å². The van der Waals surface area contributed by atoms with E-state index < -0.39 is 12.1 Å². The average molecular weight is 357 g/mol. The summed E-state index contributed by atoms with van der Waals surface area (Å²) in [4.78, 5) is 24.2. The number of benzene rings is 1. The van der Waals surface area contributed by atoms with Gasteiger partial charge in [0.2, 0.25) is 0 Å². The maximum absolute atomic E-state index is 12.3. The maximum atomic E-state index is 12.3. The van der Waals surface area contributed by atoms with Crippen LogP contribution < -0.4 is 5.32 Å². The number of nitrogens with one attached hydrogen (secondary N) is 1. The fourth-order valence-corrected chi connectivity index (χ4v) is 2.92. The van der Waals surface area contributed by atoms with Gasteiger partial charge in [-0.2, -0.15) is 11.3 Å². The first-order chi connectivity index (χ1) is 12.0. The molecule has 0 unspecified atom stereocenters. The number of amides is 1. The summed E-state index contributed by atoms with van der Waals surface area (Å²) in [6.07, 6.45) is 3.11. The molecule has 2 rings (SSSR count). The quantitative estimate of drug-likeness (QED) is 0.569. The Balaban J connectivity index is 1.95. The van der Waals surface area contributed by atoms with Crippen LogP contribution in [0.25, 0.3) is 6.08 Å². The van der Waals surface area contributed by atoms with Crippen LogP contribution in [0.3, 0.4) is 0 Å². The van der Waals surface area contributed by atoms with Gasteiger partial charge in [-0.1, -0.05) is 32.0 Å². The summed E-state index contributed by atoms with van der Waals surface area (Å²) in [5.74, 6) is -0.542. The highest BCUT2D eigenvalue weighted by Gasteiger charge is 2.18. The average Bonchev–Trinajstić information content (AvgIpc) is 3.13. The lowest BCUT2D eigenvalue weighted by molar-refractivity contribution is -0.148. The summed E-state index contributed by atoms with van der Waals surface area (Å²) >= 11 is 1.55. The Kier molecular flexibility index (Phi) is 6.95. The van der Waals surface area contributed by atoms with Crippen molar-refractivity contribution in [3.8, 4) is 0 Å². The van der Waals surface area contributed by atoms with E-state index in [0.717, 1.165) is 23.2 Å². The number of carbonyl (C=O) groups excluding carboxylic acids is 2. The van der Waals surface area contributed by atoms with Crippen LogP contribution in [0.15, 0.2) is 47.2 Å². The third-order valence-corrected chi connectivity index (χ3v) is 4.68. The van der Waals surface area contributed by atoms with E-state index >= 15 is 0 Å². The molecule has 0 radical (unpaired) electrons. The van der Waals surface area contributed by atoms with Gasteiger partial charge in [-0.05, 0) is 59.4 Å². The van der Waals surface area contributed by atoms with E-state index in [-0.39, 0.29) is 5.91 Å². The van der Waals surface area contributed by atoms with Crippen molar-refractivity contribution in [2.75, 3.05) is 5.32 Å². The van der Waals surface area contributed by atoms with E-state index in [1.54, 1.807) is 24.3 Å². The summed E-state index contributed by atoms with van der Waals surface area (Å²) in [6.45, 7) is 5.79. The van der Waals surface area contributed by atoms with Gasteiger partial charge in [-0.25, -0.2) is 4.79 Å². The molecule has 2 atom stereocenters. The molecule has 1 N–H and O–H groups in total. The predicted octanol–water partition coefficient (Wildman–Crippen LogP) is 4.85. The van der Waals surface area contributed by atoms with Crippen molar-refractivity contribution in [1.29, 1.82) is 0 Å². The summed E-state index contributed by atoms with van der Waals surface area (Å²) < 4.78 is 5.17. The monoisotopic (exact) mass is 357 g/mol. The molecule has 0 bridgehead atoms. The lowest BCUT2D eigenvalue weighted by Crippen LogP contribution is -2.29. The predicted molar refractivity (Wildman–Crippen MR) is 103 cm³/mol. The SMILES string of the molecule is CC[C@@H](C)c1ccccc1NC(=O)[C@H](C)OC(=O)/C=C/c1ccsc1. The first kappa shape index (κ1) is 18.9. The molecule has 132 valence electrons. The Hall–Kier alpha value is -2.40. The third-order valence-electron chi connectivity index (χ3n) is 3.98. The number of thiophene rings is 1. The molecule has 0 saturated carbocycles. The topological polar surface area (TPSA) is 55.4 Å². The first-order valence-electron chi connectivity index (χ1n) is 8.32. The zero-order chi connectivity index (χ0) is 18.2. The minimum atomic E-state index is -0.871. The van der Waals surface area contributed by atoms with E-state index in [9.17, 15) is 9.59 Å². The van der Waals surface area contributed by atoms with Crippen molar-refractivity contribution in [1.82, 2.24) is 0 Å². The van der Waals surface area contributed by atoms with Gasteiger partial charge in [0.25, 0.3) is 5.91 Å². The van der Waals surface area contributed by atoms with Gasteiger partial charge in [0.05, 0.1) is 0 Å². The highest BCUT2D eigenvalue weighted by Crippen LogP contribution is 2.26. The minimum Gasteiger partial charge on any atom is -0.449 e. The lowest BCUT2D eigenvalue weighted by Gasteiger charge is -2.17. The van der Waals surface area contributed by atoms with Gasteiger partial charge in [-0.3, -0.25) is 4.79 Å². The highest BCUT2D eigenvalue weighted by atomic mass is 32.1. The smallest absolute Gasteiger partial charge is 0.331 e. The standard InChI is InChI=1S/C20H23NO3S/c1-4-14(2)17-7-5-6-8-18(17)21-20(23)15(3)24-19(22)10-9-16-11-12-25-13-16/h5-15H,4H2,1-3H3,(H,21,23)/b10-9+/t14-,15+/m1/s1. The number of carbonyl (C=O) groups is 2. The summed E-state index contributed by atoms with van der Waals surface area (Å²) in [5.41, 5.74) is 2.77. The molecule has 0 saturated heterocycles. The van der Waals surface area contributed by atoms with Crippen molar-refractivity contribution in [2.45, 2.75) is 39.2 Å². The van der Waals surface area contributed by atoms with Crippen molar-refractivity contribution < 1.29 is 14.3 Å². The second-order valence-corrected chi connectivity index (χ2v) is 6.63. The van der Waals surface area contributed by atoms with Crippen LogP contribution >= 0.6 is 11.3 Å². The number of esters is 1. The number of hydrogen-bond donors (Lipinski definition) is 1. The molecule has 1 aromatic carbocycles. The van der Waals surface area contributed by atoms with Crippen LogP contribution in [0.5, 0.6) is 0 Å². The highest BCUT2D eigenvalue weighted by molar-refractivity contribution is 7.08. The molecule has 4 nitrogen and oxygen atoms in total. The molecular formula is C20H23NO3S. The molecule has 0 fully saturated rings. The number of hydrogen-bond acceptors (Lipinski definition) is 4. The molecule has 2 aromatic rings. The Morgan fingerprint density at radius 2 is 2.00 bits per heavy atom. The number of ether oxygens (including phenoxy) is 1. The minimum absolute atomic E-state index is 0.336. The molecule has 0 aliphatic rings. The molecule has 25 heavy (non-hydrogen) atoms. The van der Waals surface area contributed by atoms with Gasteiger partial charge in [0, 0.05) is 11.8 Å². The first-order valence-corrected chi connectivity index (χ1v) is 9.26. The molecule has 1 heterocycles. The summed E-state index contributed by atoms with van der Waals surface area (Å²) in [7, 11) is 0. The van der Waals surface area contributed by atoms with Crippen molar-refractivity contribution in [3.05, 3.63) is 58.3 Å². The van der Waals surface area contributed by atoms with Crippen molar-refractivity contribution in [3.63, 3.8) is 0 Å². The Morgan fingerprint density at radius 3 is 2.68 bits per heavy atom. The normalized spacial score (nSPS) is 13.4. The molecule has 0 aliphatic heterocycles. The van der Waals surface area contributed by atoms with E-state index in [1.807, 2.05) is 41.1 Å². The number of rotatable bonds is 7. The van der Waals surface area contributed by atoms with Crippen LogP contribution in [0.4, 0.5) is 5.69 Å². The molecule has 5 heteroatoms. The van der Waals surface area contributed by atoms with Gasteiger partial charge in [-0.15, -0.1) is 0 Å². The molecule has 0 spiro atoms. The molecule has 1 amide bonds. The lowest BCUT2D eigenvalue weighted by atomic mass is 9.97. The fraction of sp³-hybridized carbons (Fsp3) is 0.300. The van der Waals surface area contributed by atoms with Crippen LogP contribution in [0, 0.1) is 0 Å². The fourth-order valence-electron chi connectivity index (χ4n) is 2.30. The van der Waals surface area contributed by atoms with Crippen LogP contribution in [-0.4, -0.2) is 18.0 Å². The molecule has 0 aliphatic carbocycles. The summed E-state index contributed by atoms with van der Waals surface area (Å²) in [5, 5.41) is 6.71. The van der Waals surface area contributed by atoms with Crippen LogP contribution in [-0.2, 0) is 14.3 Å². The maximum Gasteiger partial charge on any atom is 0.331 e. The van der Waals surface area contributed by atoms with Gasteiger partial charge in [0.1, 0.15) is 0 Å². The van der Waals surface area contributed by atoms with Gasteiger partial charge < -0.3 is 10.1 Å². The number of anilines is 1. The zero-order valence-corrected chi connectivity index (χ0v) is 15.5. The van der Waals surface area contributed by atoms with E-state index in [4.69, 9.17) is 4.74 Å². The Labute approximate surface area is 152 Å². The Bertz CT molecular complexity index is 737. The summed E-state index contributed by atoms with van der Waals surface area (Å²) in [6, 6.07) is 9.60. The second kappa shape index (κ2) is 9.18. The molecular weight excluding hydrogens is 334 g/mol. The van der Waals surface area contributed by atoms with Crippen LogP contribution in [0.1, 0.15) is 44.2 Å². The third kappa shape index (κ3) is 5.57. The zero-order valence-electron chi connectivity index (χ0n) is 14.7. The number of para-hydroxylation sites is 1.